The molecule has 0 aliphatic carbocycles. The number of hydrogen-bond donors (Lipinski definition) is 1. The zero-order valence-corrected chi connectivity index (χ0v) is 15.9. The Hall–Kier alpha value is -2.64. The number of aromatic nitrogens is 2. The summed E-state index contributed by atoms with van der Waals surface area (Å²) < 4.78 is 6.53. The molecule has 1 N–H and O–H groups in total. The molecule has 0 saturated carbocycles. The van der Waals surface area contributed by atoms with E-state index in [1.165, 1.54) is 11.8 Å². The van der Waals surface area contributed by atoms with Gasteiger partial charge in [0.25, 0.3) is 5.56 Å². The van der Waals surface area contributed by atoms with Crippen LogP contribution in [-0.2, 0) is 9.53 Å². The molecular formula is C20H21N3O3S. The van der Waals surface area contributed by atoms with Crippen molar-refractivity contribution in [2.24, 2.45) is 0 Å². The van der Waals surface area contributed by atoms with Gasteiger partial charge in [-0.3, -0.25) is 14.2 Å². The zero-order valence-electron chi connectivity index (χ0n) is 15.1. The van der Waals surface area contributed by atoms with Gasteiger partial charge in [0.1, 0.15) is 0 Å². The normalized spacial score (nSPS) is 10.9. The van der Waals surface area contributed by atoms with E-state index < -0.39 is 0 Å². The van der Waals surface area contributed by atoms with Crippen LogP contribution in [0.2, 0.25) is 0 Å². The topological polar surface area (TPSA) is 73.2 Å². The van der Waals surface area contributed by atoms with Crippen molar-refractivity contribution in [3.05, 3.63) is 65.0 Å². The minimum absolute atomic E-state index is 0.0990. The summed E-state index contributed by atoms with van der Waals surface area (Å²) >= 11 is 1.25. The van der Waals surface area contributed by atoms with E-state index in [1.54, 1.807) is 23.8 Å². The molecule has 0 bridgehead atoms. The first-order valence-electron chi connectivity index (χ1n) is 8.66. The molecule has 0 unspecified atom stereocenters. The first kappa shape index (κ1) is 19.1. The number of rotatable bonds is 8. The second kappa shape index (κ2) is 9.34. The Labute approximate surface area is 161 Å². The van der Waals surface area contributed by atoms with Crippen molar-refractivity contribution in [1.82, 2.24) is 14.9 Å². The van der Waals surface area contributed by atoms with Crippen molar-refractivity contribution in [2.75, 3.05) is 26.0 Å². The fourth-order valence-electron chi connectivity index (χ4n) is 2.64. The molecule has 0 saturated heterocycles. The highest BCUT2D eigenvalue weighted by Gasteiger charge is 2.14. The van der Waals surface area contributed by atoms with Gasteiger partial charge in [-0.15, -0.1) is 0 Å². The number of amides is 1. The van der Waals surface area contributed by atoms with E-state index in [4.69, 9.17) is 4.74 Å². The third-order valence-corrected chi connectivity index (χ3v) is 4.88. The average Bonchev–Trinajstić information content (AvgIpc) is 2.70. The third kappa shape index (κ3) is 4.75. The van der Waals surface area contributed by atoms with Gasteiger partial charge in [-0.2, -0.15) is 0 Å². The van der Waals surface area contributed by atoms with Crippen molar-refractivity contribution >= 4 is 28.6 Å². The molecule has 1 heterocycles. The number of methoxy groups -OCH3 is 1. The lowest BCUT2D eigenvalue weighted by atomic mass is 10.2. The van der Waals surface area contributed by atoms with E-state index in [0.717, 1.165) is 12.1 Å². The molecule has 0 aliphatic rings. The quantitative estimate of drug-likeness (QED) is 0.368. The molecule has 3 rings (SSSR count). The summed E-state index contributed by atoms with van der Waals surface area (Å²) in [7, 11) is 1.63. The van der Waals surface area contributed by atoms with Gasteiger partial charge in [0.2, 0.25) is 5.91 Å². The highest BCUT2D eigenvalue weighted by Crippen LogP contribution is 2.21. The Morgan fingerprint density at radius 3 is 2.67 bits per heavy atom. The van der Waals surface area contributed by atoms with Gasteiger partial charge in [-0.1, -0.05) is 42.1 Å². The Morgan fingerprint density at radius 1 is 1.15 bits per heavy atom. The zero-order chi connectivity index (χ0) is 19.1. The smallest absolute Gasteiger partial charge is 0.266 e. The second-order valence-corrected chi connectivity index (χ2v) is 6.82. The van der Waals surface area contributed by atoms with Crippen LogP contribution in [0.15, 0.2) is 64.5 Å². The van der Waals surface area contributed by atoms with Crippen molar-refractivity contribution in [1.29, 1.82) is 0 Å². The minimum atomic E-state index is -0.144. The molecule has 0 spiro atoms. The van der Waals surface area contributed by atoms with Crippen LogP contribution in [0.5, 0.6) is 0 Å². The highest BCUT2D eigenvalue weighted by molar-refractivity contribution is 7.99. The Kier molecular flexibility index (Phi) is 6.62. The number of carbonyl (C=O) groups is 1. The lowest BCUT2D eigenvalue weighted by Crippen LogP contribution is -2.28. The summed E-state index contributed by atoms with van der Waals surface area (Å²) in [6, 6.07) is 16.6. The maximum absolute atomic E-state index is 13.0. The lowest BCUT2D eigenvalue weighted by molar-refractivity contribution is -0.118. The van der Waals surface area contributed by atoms with Crippen LogP contribution in [-0.4, -0.2) is 41.5 Å². The molecular weight excluding hydrogens is 362 g/mol. The minimum Gasteiger partial charge on any atom is -0.385 e. The van der Waals surface area contributed by atoms with Crippen molar-refractivity contribution in [3.8, 4) is 5.69 Å². The van der Waals surface area contributed by atoms with Crippen LogP contribution < -0.4 is 10.9 Å². The van der Waals surface area contributed by atoms with Gasteiger partial charge in [0.15, 0.2) is 5.16 Å². The van der Waals surface area contributed by atoms with Gasteiger partial charge in [0, 0.05) is 20.3 Å². The van der Waals surface area contributed by atoms with Crippen LogP contribution in [0.4, 0.5) is 0 Å². The maximum Gasteiger partial charge on any atom is 0.266 e. The van der Waals surface area contributed by atoms with E-state index in [1.807, 2.05) is 42.5 Å². The van der Waals surface area contributed by atoms with Gasteiger partial charge in [-0.05, 0) is 30.7 Å². The van der Waals surface area contributed by atoms with E-state index >= 15 is 0 Å². The number of thioether (sulfide) groups is 1. The Bertz CT molecular complexity index is 973. The van der Waals surface area contributed by atoms with Crippen LogP contribution in [0, 0.1) is 0 Å². The van der Waals surface area contributed by atoms with Crippen LogP contribution in [0.3, 0.4) is 0 Å². The molecule has 2 aromatic carbocycles. The third-order valence-electron chi connectivity index (χ3n) is 3.94. The molecule has 1 aromatic heterocycles. The summed E-state index contributed by atoms with van der Waals surface area (Å²) in [4.78, 5) is 29.7. The molecule has 0 aliphatic heterocycles. The molecule has 0 atom stereocenters. The largest absolute Gasteiger partial charge is 0.385 e. The Morgan fingerprint density at radius 2 is 1.89 bits per heavy atom. The first-order valence-corrected chi connectivity index (χ1v) is 9.65. The number of fused-ring (bicyclic) bond motifs is 1. The predicted molar refractivity (Wildman–Crippen MR) is 108 cm³/mol. The number of hydrogen-bond acceptors (Lipinski definition) is 5. The van der Waals surface area contributed by atoms with E-state index in [-0.39, 0.29) is 17.2 Å². The SMILES string of the molecule is COCCCNC(=O)CSc1nc2ccccc2c(=O)n1-c1ccccc1. The van der Waals surface area contributed by atoms with Gasteiger partial charge in [-0.25, -0.2) is 4.98 Å². The van der Waals surface area contributed by atoms with Crippen molar-refractivity contribution < 1.29 is 9.53 Å². The monoisotopic (exact) mass is 383 g/mol. The van der Waals surface area contributed by atoms with E-state index in [9.17, 15) is 9.59 Å². The molecule has 3 aromatic rings. The summed E-state index contributed by atoms with van der Waals surface area (Å²) in [6.07, 6.45) is 0.760. The van der Waals surface area contributed by atoms with Crippen LogP contribution in [0.1, 0.15) is 6.42 Å². The van der Waals surface area contributed by atoms with Crippen LogP contribution in [0.25, 0.3) is 16.6 Å². The first-order chi connectivity index (χ1) is 13.2. The number of benzene rings is 2. The van der Waals surface area contributed by atoms with Gasteiger partial charge in [0.05, 0.1) is 22.3 Å². The molecule has 6 nitrogen and oxygen atoms in total. The maximum atomic E-state index is 13.0. The van der Waals surface area contributed by atoms with Gasteiger partial charge < -0.3 is 10.1 Å². The average molecular weight is 383 g/mol. The van der Waals surface area contributed by atoms with Gasteiger partial charge >= 0.3 is 0 Å². The predicted octanol–water partition coefficient (Wildman–Crippen LogP) is 2.63. The van der Waals surface area contributed by atoms with Crippen molar-refractivity contribution in [2.45, 2.75) is 11.6 Å². The number of nitrogens with zero attached hydrogens (tertiary/aromatic N) is 2. The lowest BCUT2D eigenvalue weighted by Gasteiger charge is -2.13. The number of ether oxygens (including phenoxy) is 1. The summed E-state index contributed by atoms with van der Waals surface area (Å²) in [5.41, 5.74) is 1.20. The summed E-state index contributed by atoms with van der Waals surface area (Å²) in [6.45, 7) is 1.16. The molecule has 1 amide bonds. The van der Waals surface area contributed by atoms with Crippen LogP contribution >= 0.6 is 11.8 Å². The highest BCUT2D eigenvalue weighted by atomic mass is 32.2. The van der Waals surface area contributed by atoms with E-state index in [0.29, 0.717) is 29.2 Å². The number of nitrogens with one attached hydrogen (secondary N) is 1. The Balaban J connectivity index is 1.87. The molecule has 27 heavy (non-hydrogen) atoms. The van der Waals surface area contributed by atoms with E-state index in [2.05, 4.69) is 10.3 Å². The number of para-hydroxylation sites is 2. The fourth-order valence-corrected chi connectivity index (χ4v) is 3.48. The number of carbonyl (C=O) groups excluding carboxylic acids is 1. The standard InChI is InChI=1S/C20H21N3O3S/c1-26-13-7-12-21-18(24)14-27-20-22-17-11-6-5-10-16(17)19(25)23(20)15-8-3-2-4-9-15/h2-6,8-11H,7,12-14H2,1H3,(H,21,24). The van der Waals surface area contributed by atoms with Crippen molar-refractivity contribution in [3.63, 3.8) is 0 Å². The molecule has 0 fully saturated rings. The molecule has 140 valence electrons. The fraction of sp³-hybridized carbons (Fsp3) is 0.250. The summed E-state index contributed by atoms with van der Waals surface area (Å²) in [5.74, 6) is 0.0862. The second-order valence-electron chi connectivity index (χ2n) is 5.87. The summed E-state index contributed by atoms with van der Waals surface area (Å²) in [5, 5.41) is 3.89. The molecule has 0 radical (unpaired) electrons. The molecule has 7 heteroatoms.